The smallest absolute Gasteiger partial charge is 0.259 e. The minimum Gasteiger partial charge on any atom is -0.306 e. The Morgan fingerprint density at radius 3 is 2.77 bits per heavy atom. The van der Waals surface area contributed by atoms with Crippen LogP contribution in [0.15, 0.2) is 36.5 Å². The summed E-state index contributed by atoms with van der Waals surface area (Å²) in [7, 11) is 0. The molecule has 1 N–H and O–H groups in total. The number of halogens is 1. The highest BCUT2D eigenvalue weighted by Gasteiger charge is 2.12. The summed E-state index contributed by atoms with van der Waals surface area (Å²) >= 11 is 5.92. The quantitative estimate of drug-likeness (QED) is 0.735. The van der Waals surface area contributed by atoms with Crippen LogP contribution in [0.1, 0.15) is 21.6 Å². The standard InChI is InChI=1S/C16H13ClN4O/c1-9-8-10(2)19-15-11(9)5-6-13(20-15)21-16(22)12-4-3-7-18-14(12)17/h3-8H,1-2H3,(H,19,20,21,22). The molecule has 3 aromatic heterocycles. The van der Waals surface area contributed by atoms with Gasteiger partial charge in [0.25, 0.3) is 5.91 Å². The zero-order valence-electron chi connectivity index (χ0n) is 12.1. The minimum absolute atomic E-state index is 0.158. The molecular formula is C16H13ClN4O. The fourth-order valence-corrected chi connectivity index (χ4v) is 2.45. The lowest BCUT2D eigenvalue weighted by Crippen LogP contribution is -2.14. The lowest BCUT2D eigenvalue weighted by Gasteiger charge is -2.08. The van der Waals surface area contributed by atoms with Crippen molar-refractivity contribution in [3.05, 3.63) is 58.5 Å². The molecule has 0 aliphatic rings. The lowest BCUT2D eigenvalue weighted by molar-refractivity contribution is 0.102. The van der Waals surface area contributed by atoms with E-state index >= 15 is 0 Å². The van der Waals surface area contributed by atoms with Gasteiger partial charge in [-0.1, -0.05) is 11.6 Å². The van der Waals surface area contributed by atoms with Crippen molar-refractivity contribution >= 4 is 34.4 Å². The zero-order chi connectivity index (χ0) is 15.7. The second-order valence-electron chi connectivity index (χ2n) is 4.94. The number of aryl methyl sites for hydroxylation is 2. The Kier molecular flexibility index (Phi) is 3.73. The molecule has 0 aliphatic carbocycles. The van der Waals surface area contributed by atoms with E-state index in [4.69, 9.17) is 11.6 Å². The van der Waals surface area contributed by atoms with Crippen LogP contribution in [0.25, 0.3) is 11.0 Å². The lowest BCUT2D eigenvalue weighted by atomic mass is 10.1. The van der Waals surface area contributed by atoms with Crippen molar-refractivity contribution in [3.8, 4) is 0 Å². The monoisotopic (exact) mass is 312 g/mol. The summed E-state index contributed by atoms with van der Waals surface area (Å²) in [6, 6.07) is 8.90. The van der Waals surface area contributed by atoms with Crippen LogP contribution in [0.3, 0.4) is 0 Å². The van der Waals surface area contributed by atoms with Crippen molar-refractivity contribution in [2.75, 3.05) is 5.32 Å². The number of carbonyl (C=O) groups is 1. The number of rotatable bonds is 2. The molecule has 22 heavy (non-hydrogen) atoms. The second kappa shape index (κ2) is 5.69. The normalized spacial score (nSPS) is 10.7. The van der Waals surface area contributed by atoms with Gasteiger partial charge in [0.05, 0.1) is 5.56 Å². The predicted octanol–water partition coefficient (Wildman–Crippen LogP) is 3.55. The largest absolute Gasteiger partial charge is 0.306 e. The highest BCUT2D eigenvalue weighted by atomic mass is 35.5. The molecule has 3 aromatic rings. The van der Waals surface area contributed by atoms with Gasteiger partial charge in [0.2, 0.25) is 0 Å². The van der Waals surface area contributed by atoms with E-state index < -0.39 is 0 Å². The van der Waals surface area contributed by atoms with Crippen LogP contribution in [0.4, 0.5) is 5.82 Å². The molecule has 0 spiro atoms. The summed E-state index contributed by atoms with van der Waals surface area (Å²) in [5.41, 5.74) is 2.89. The molecule has 0 unspecified atom stereocenters. The first kappa shape index (κ1) is 14.4. The summed E-state index contributed by atoms with van der Waals surface area (Å²) in [4.78, 5) is 24.9. The Morgan fingerprint density at radius 1 is 1.18 bits per heavy atom. The van der Waals surface area contributed by atoms with Crippen LogP contribution < -0.4 is 5.32 Å². The molecule has 0 aromatic carbocycles. The molecule has 3 rings (SSSR count). The molecule has 3 heterocycles. The molecule has 0 atom stereocenters. The Morgan fingerprint density at radius 2 is 2.00 bits per heavy atom. The Bertz CT molecular complexity index is 879. The Hall–Kier alpha value is -2.53. The van der Waals surface area contributed by atoms with Crippen LogP contribution in [0, 0.1) is 13.8 Å². The Balaban J connectivity index is 1.94. The van der Waals surface area contributed by atoms with Crippen molar-refractivity contribution in [2.45, 2.75) is 13.8 Å². The fraction of sp³-hybridized carbons (Fsp3) is 0.125. The summed E-state index contributed by atoms with van der Waals surface area (Å²) in [6.07, 6.45) is 1.53. The molecule has 5 nitrogen and oxygen atoms in total. The van der Waals surface area contributed by atoms with Gasteiger partial charge in [-0.05, 0) is 49.7 Å². The summed E-state index contributed by atoms with van der Waals surface area (Å²) in [5, 5.41) is 3.83. The number of pyridine rings is 3. The molecular weight excluding hydrogens is 300 g/mol. The molecule has 1 amide bonds. The van der Waals surface area contributed by atoms with Gasteiger partial charge in [-0.25, -0.2) is 15.0 Å². The van der Waals surface area contributed by atoms with E-state index in [2.05, 4.69) is 20.3 Å². The van der Waals surface area contributed by atoms with E-state index in [0.717, 1.165) is 16.6 Å². The third-order valence-electron chi connectivity index (χ3n) is 3.25. The van der Waals surface area contributed by atoms with E-state index in [1.165, 1.54) is 6.20 Å². The first-order valence-electron chi connectivity index (χ1n) is 6.71. The SMILES string of the molecule is Cc1cc(C)c2ccc(NC(=O)c3cccnc3Cl)nc2n1. The number of hydrogen-bond donors (Lipinski definition) is 1. The van der Waals surface area contributed by atoms with Crippen molar-refractivity contribution in [1.29, 1.82) is 0 Å². The number of anilines is 1. The topological polar surface area (TPSA) is 67.8 Å². The van der Waals surface area contributed by atoms with Gasteiger partial charge in [0.15, 0.2) is 5.65 Å². The predicted molar refractivity (Wildman–Crippen MR) is 86.2 cm³/mol. The number of carbonyl (C=O) groups excluding carboxylic acids is 1. The van der Waals surface area contributed by atoms with Crippen LogP contribution in [-0.2, 0) is 0 Å². The number of nitrogens with zero attached hydrogens (tertiary/aromatic N) is 3. The minimum atomic E-state index is -0.352. The number of hydrogen-bond acceptors (Lipinski definition) is 4. The van der Waals surface area contributed by atoms with Gasteiger partial charge in [0.1, 0.15) is 11.0 Å². The number of fused-ring (bicyclic) bond motifs is 1. The summed E-state index contributed by atoms with van der Waals surface area (Å²) < 4.78 is 0. The first-order valence-corrected chi connectivity index (χ1v) is 7.09. The molecule has 6 heteroatoms. The van der Waals surface area contributed by atoms with Gasteiger partial charge < -0.3 is 5.32 Å². The second-order valence-corrected chi connectivity index (χ2v) is 5.30. The van der Waals surface area contributed by atoms with Gasteiger partial charge in [-0.3, -0.25) is 4.79 Å². The molecule has 0 saturated heterocycles. The van der Waals surface area contributed by atoms with Crippen molar-refractivity contribution in [1.82, 2.24) is 15.0 Å². The maximum atomic E-state index is 12.2. The van der Waals surface area contributed by atoms with Crippen LogP contribution in [-0.4, -0.2) is 20.9 Å². The van der Waals surface area contributed by atoms with Crippen molar-refractivity contribution in [3.63, 3.8) is 0 Å². The Labute approximate surface area is 132 Å². The van der Waals surface area contributed by atoms with Gasteiger partial charge in [-0.15, -0.1) is 0 Å². The van der Waals surface area contributed by atoms with E-state index in [1.807, 2.05) is 26.0 Å². The van der Waals surface area contributed by atoms with Crippen LogP contribution in [0.2, 0.25) is 5.15 Å². The number of aromatic nitrogens is 3. The van der Waals surface area contributed by atoms with E-state index in [-0.39, 0.29) is 11.1 Å². The summed E-state index contributed by atoms with van der Waals surface area (Å²) in [5.74, 6) is 0.0734. The maximum Gasteiger partial charge on any atom is 0.259 e. The van der Waals surface area contributed by atoms with Crippen molar-refractivity contribution in [2.24, 2.45) is 0 Å². The molecule has 0 radical (unpaired) electrons. The van der Waals surface area contributed by atoms with Gasteiger partial charge >= 0.3 is 0 Å². The molecule has 0 bridgehead atoms. The molecule has 0 aliphatic heterocycles. The van der Waals surface area contributed by atoms with Crippen molar-refractivity contribution < 1.29 is 4.79 Å². The number of nitrogens with one attached hydrogen (secondary N) is 1. The highest BCUT2D eigenvalue weighted by Crippen LogP contribution is 2.19. The van der Waals surface area contributed by atoms with Crippen LogP contribution >= 0.6 is 11.6 Å². The third kappa shape index (κ3) is 2.76. The first-order chi connectivity index (χ1) is 10.5. The van der Waals surface area contributed by atoms with Crippen LogP contribution in [0.5, 0.6) is 0 Å². The third-order valence-corrected chi connectivity index (χ3v) is 3.55. The zero-order valence-corrected chi connectivity index (χ0v) is 12.8. The number of amides is 1. The fourth-order valence-electron chi connectivity index (χ4n) is 2.24. The highest BCUT2D eigenvalue weighted by molar-refractivity contribution is 6.33. The average Bonchev–Trinajstić information content (AvgIpc) is 2.47. The van der Waals surface area contributed by atoms with E-state index in [0.29, 0.717) is 17.0 Å². The van der Waals surface area contributed by atoms with E-state index in [1.54, 1.807) is 18.2 Å². The molecule has 0 saturated carbocycles. The molecule has 0 fully saturated rings. The van der Waals surface area contributed by atoms with Gasteiger partial charge in [-0.2, -0.15) is 0 Å². The maximum absolute atomic E-state index is 12.2. The van der Waals surface area contributed by atoms with E-state index in [9.17, 15) is 4.79 Å². The molecule has 110 valence electrons. The average molecular weight is 313 g/mol. The summed E-state index contributed by atoms with van der Waals surface area (Å²) in [6.45, 7) is 3.92. The van der Waals surface area contributed by atoms with Gasteiger partial charge in [0, 0.05) is 17.3 Å².